The molecule has 1 atom stereocenters. The molecule has 1 N–H and O–H groups in total. The maximum absolute atomic E-state index is 12.7. The van der Waals surface area contributed by atoms with E-state index in [0.29, 0.717) is 11.8 Å². The Kier molecular flexibility index (Phi) is 6.19. The van der Waals surface area contributed by atoms with Crippen LogP contribution in [0.1, 0.15) is 64.5 Å². The molecule has 0 radical (unpaired) electrons. The summed E-state index contributed by atoms with van der Waals surface area (Å²) >= 11 is 0. The normalized spacial score (nSPS) is 16.7. The number of amides is 2. The lowest BCUT2D eigenvalue weighted by molar-refractivity contribution is 0.194. The third-order valence-corrected chi connectivity index (χ3v) is 5.37. The van der Waals surface area contributed by atoms with Crippen LogP contribution < -0.4 is 5.32 Å². The van der Waals surface area contributed by atoms with Crippen molar-refractivity contribution in [2.24, 2.45) is 5.92 Å². The molecule has 148 valence electrons. The summed E-state index contributed by atoms with van der Waals surface area (Å²) in [6.07, 6.45) is 8.84. The fourth-order valence-electron chi connectivity index (χ4n) is 3.91. The quantitative estimate of drug-likeness (QED) is 0.829. The second kappa shape index (κ2) is 8.59. The summed E-state index contributed by atoms with van der Waals surface area (Å²) in [7, 11) is 0. The van der Waals surface area contributed by atoms with Gasteiger partial charge in [-0.05, 0) is 50.5 Å². The Labute approximate surface area is 161 Å². The third-order valence-electron chi connectivity index (χ3n) is 5.37. The molecule has 3 heterocycles. The molecule has 0 saturated carbocycles. The number of aromatic nitrogens is 4. The first-order chi connectivity index (χ1) is 13.0. The second-order valence-corrected chi connectivity index (χ2v) is 7.96. The number of nitrogens with one attached hydrogen (secondary N) is 1. The number of nitrogens with zero attached hydrogens (tertiary/aromatic N) is 5. The Hall–Kier alpha value is -2.31. The van der Waals surface area contributed by atoms with Crippen LogP contribution in [0.25, 0.3) is 0 Å². The zero-order chi connectivity index (χ0) is 19.4. The van der Waals surface area contributed by atoms with Crippen LogP contribution in [0.2, 0.25) is 0 Å². The van der Waals surface area contributed by atoms with Crippen molar-refractivity contribution in [3.8, 4) is 0 Å². The Bertz CT molecular complexity index is 741. The predicted molar refractivity (Wildman–Crippen MR) is 107 cm³/mol. The van der Waals surface area contributed by atoms with Gasteiger partial charge in [-0.2, -0.15) is 10.2 Å². The van der Waals surface area contributed by atoms with Crippen LogP contribution in [0.5, 0.6) is 0 Å². The van der Waals surface area contributed by atoms with Crippen molar-refractivity contribution in [2.75, 3.05) is 18.4 Å². The van der Waals surface area contributed by atoms with Crippen LogP contribution >= 0.6 is 0 Å². The van der Waals surface area contributed by atoms with Crippen LogP contribution in [-0.4, -0.2) is 43.6 Å². The van der Waals surface area contributed by atoms with Gasteiger partial charge in [0.25, 0.3) is 0 Å². The summed E-state index contributed by atoms with van der Waals surface area (Å²) < 4.78 is 3.89. The molecule has 1 unspecified atom stereocenters. The SMILES string of the molecule is CCn1cc(C2CCN(C(=O)Nc3ccnn3C(C)CC(C)C)CC2)cn1. The maximum Gasteiger partial charge on any atom is 0.322 e. The van der Waals surface area contributed by atoms with Gasteiger partial charge < -0.3 is 4.90 Å². The molecule has 1 aliphatic rings. The highest BCUT2D eigenvalue weighted by Gasteiger charge is 2.25. The number of rotatable bonds is 6. The first-order valence-corrected chi connectivity index (χ1v) is 10.1. The zero-order valence-electron chi connectivity index (χ0n) is 16.9. The topological polar surface area (TPSA) is 68.0 Å². The standard InChI is InChI=1S/C20H32N6O/c1-5-25-14-18(13-22-25)17-7-10-24(11-8-17)20(27)23-19-6-9-21-26(19)16(4)12-15(2)3/h6,9,13-17H,5,7-8,10-12H2,1-4H3,(H,23,27). The van der Waals surface area contributed by atoms with Crippen molar-refractivity contribution >= 4 is 11.8 Å². The molecule has 3 rings (SSSR count). The summed E-state index contributed by atoms with van der Waals surface area (Å²) in [6, 6.07) is 2.10. The molecule has 0 aliphatic carbocycles. The van der Waals surface area contributed by atoms with E-state index in [1.54, 1.807) is 6.20 Å². The van der Waals surface area contributed by atoms with Gasteiger partial charge in [0, 0.05) is 31.9 Å². The molecule has 0 bridgehead atoms. The summed E-state index contributed by atoms with van der Waals surface area (Å²) in [5.74, 6) is 1.86. The summed E-state index contributed by atoms with van der Waals surface area (Å²) in [4.78, 5) is 14.6. The monoisotopic (exact) mass is 372 g/mol. The van der Waals surface area contributed by atoms with Gasteiger partial charge in [0.15, 0.2) is 0 Å². The van der Waals surface area contributed by atoms with Gasteiger partial charge in [-0.15, -0.1) is 0 Å². The molecular formula is C20H32N6O. The number of hydrogen-bond acceptors (Lipinski definition) is 3. The number of carbonyl (C=O) groups is 1. The molecule has 1 fully saturated rings. The van der Waals surface area contributed by atoms with Gasteiger partial charge in [0.2, 0.25) is 0 Å². The van der Waals surface area contributed by atoms with E-state index in [1.165, 1.54) is 5.56 Å². The smallest absolute Gasteiger partial charge is 0.322 e. The van der Waals surface area contributed by atoms with Crippen molar-refractivity contribution in [2.45, 2.75) is 65.5 Å². The molecule has 7 heteroatoms. The summed E-state index contributed by atoms with van der Waals surface area (Å²) in [6.45, 7) is 11.1. The fraction of sp³-hybridized carbons (Fsp3) is 0.650. The number of piperidine rings is 1. The molecule has 2 aromatic rings. The van der Waals surface area contributed by atoms with Crippen molar-refractivity contribution in [3.63, 3.8) is 0 Å². The highest BCUT2D eigenvalue weighted by atomic mass is 16.2. The minimum Gasteiger partial charge on any atom is -0.324 e. The molecule has 2 amide bonds. The van der Waals surface area contributed by atoms with Crippen LogP contribution in [-0.2, 0) is 6.54 Å². The van der Waals surface area contributed by atoms with E-state index in [4.69, 9.17) is 0 Å². The Balaban J connectivity index is 1.55. The first kappa shape index (κ1) is 19.5. The summed E-state index contributed by atoms with van der Waals surface area (Å²) in [5, 5.41) is 11.8. The number of aryl methyl sites for hydroxylation is 1. The largest absolute Gasteiger partial charge is 0.324 e. The lowest BCUT2D eigenvalue weighted by Gasteiger charge is -2.31. The van der Waals surface area contributed by atoms with Crippen LogP contribution in [0.15, 0.2) is 24.7 Å². The minimum atomic E-state index is -0.0313. The second-order valence-electron chi connectivity index (χ2n) is 7.96. The Morgan fingerprint density at radius 1 is 1.26 bits per heavy atom. The number of hydrogen-bond donors (Lipinski definition) is 1. The van der Waals surface area contributed by atoms with E-state index in [0.717, 1.165) is 44.7 Å². The number of anilines is 1. The van der Waals surface area contributed by atoms with E-state index >= 15 is 0 Å². The maximum atomic E-state index is 12.7. The number of likely N-dealkylation sites (tertiary alicyclic amines) is 1. The Morgan fingerprint density at radius 2 is 2.00 bits per heavy atom. The van der Waals surface area contributed by atoms with Crippen molar-refractivity contribution in [1.82, 2.24) is 24.5 Å². The van der Waals surface area contributed by atoms with Crippen molar-refractivity contribution in [1.29, 1.82) is 0 Å². The highest BCUT2D eigenvalue weighted by Crippen LogP contribution is 2.28. The Morgan fingerprint density at radius 3 is 2.63 bits per heavy atom. The van der Waals surface area contributed by atoms with E-state index in [9.17, 15) is 4.79 Å². The van der Waals surface area contributed by atoms with Crippen LogP contribution in [0, 0.1) is 5.92 Å². The lowest BCUT2D eigenvalue weighted by Crippen LogP contribution is -2.41. The van der Waals surface area contributed by atoms with Gasteiger partial charge in [-0.1, -0.05) is 13.8 Å². The first-order valence-electron chi connectivity index (χ1n) is 10.1. The molecule has 27 heavy (non-hydrogen) atoms. The average molecular weight is 373 g/mol. The summed E-state index contributed by atoms with van der Waals surface area (Å²) in [5.41, 5.74) is 1.29. The molecule has 2 aromatic heterocycles. The van der Waals surface area contributed by atoms with Gasteiger partial charge >= 0.3 is 6.03 Å². The van der Waals surface area contributed by atoms with E-state index in [2.05, 4.69) is 49.4 Å². The number of urea groups is 1. The van der Waals surface area contributed by atoms with Crippen molar-refractivity contribution < 1.29 is 4.79 Å². The lowest BCUT2D eigenvalue weighted by atomic mass is 9.92. The van der Waals surface area contributed by atoms with E-state index < -0.39 is 0 Å². The van der Waals surface area contributed by atoms with Crippen LogP contribution in [0.4, 0.5) is 10.6 Å². The zero-order valence-corrected chi connectivity index (χ0v) is 16.9. The van der Waals surface area contributed by atoms with Crippen molar-refractivity contribution in [3.05, 3.63) is 30.2 Å². The van der Waals surface area contributed by atoms with E-state index in [-0.39, 0.29) is 12.1 Å². The molecule has 0 aromatic carbocycles. The highest BCUT2D eigenvalue weighted by molar-refractivity contribution is 5.88. The van der Waals surface area contributed by atoms with Gasteiger partial charge in [-0.25, -0.2) is 9.48 Å². The van der Waals surface area contributed by atoms with Crippen LogP contribution in [0.3, 0.4) is 0 Å². The van der Waals surface area contributed by atoms with E-state index in [1.807, 2.05) is 26.5 Å². The molecular weight excluding hydrogens is 340 g/mol. The number of carbonyl (C=O) groups excluding carboxylic acids is 1. The minimum absolute atomic E-state index is 0.0313. The predicted octanol–water partition coefficient (Wildman–Crippen LogP) is 4.12. The molecule has 7 nitrogen and oxygen atoms in total. The molecule has 0 spiro atoms. The van der Waals surface area contributed by atoms with Gasteiger partial charge in [0.05, 0.1) is 18.4 Å². The molecule has 1 aliphatic heterocycles. The van der Waals surface area contributed by atoms with Gasteiger partial charge in [-0.3, -0.25) is 10.00 Å². The third kappa shape index (κ3) is 4.70. The fourth-order valence-corrected chi connectivity index (χ4v) is 3.91. The van der Waals surface area contributed by atoms with Gasteiger partial charge in [0.1, 0.15) is 5.82 Å². The average Bonchev–Trinajstić information content (AvgIpc) is 3.30. The molecule has 1 saturated heterocycles.